The number of H-pyrrole nitrogens is 1. The number of aromatic amines is 1. The van der Waals surface area contributed by atoms with Crippen LogP contribution in [0.15, 0.2) is 24.3 Å². The van der Waals surface area contributed by atoms with Crippen LogP contribution in [-0.2, 0) is 11.2 Å². The molecule has 0 atom stereocenters. The Hall–Kier alpha value is -2.83. The molecule has 130 valence electrons. The molecule has 4 rings (SSSR count). The Bertz CT molecular complexity index is 821. The van der Waals surface area contributed by atoms with Crippen LogP contribution in [0.4, 0.5) is 11.5 Å². The van der Waals surface area contributed by atoms with Crippen molar-refractivity contribution in [3.8, 4) is 0 Å². The maximum atomic E-state index is 12.7. The van der Waals surface area contributed by atoms with Crippen molar-refractivity contribution in [3.63, 3.8) is 0 Å². The average molecular weight is 339 g/mol. The van der Waals surface area contributed by atoms with Gasteiger partial charge < -0.3 is 15.5 Å². The van der Waals surface area contributed by atoms with Crippen LogP contribution in [0.2, 0.25) is 0 Å². The van der Waals surface area contributed by atoms with Crippen molar-refractivity contribution >= 4 is 23.3 Å². The number of hydrogen-bond acceptors (Lipinski definition) is 4. The molecule has 2 aliphatic rings. The molecule has 1 fully saturated rings. The Kier molecular flexibility index (Phi) is 3.91. The SMILES string of the molecule is Cc1cc(N2CCC(NC(=O)c3cccc4c3CC(=O)N4)CC2)n[nH]1. The standard InChI is InChI=1S/C18H21N5O2/c1-11-9-16(22-21-11)23-7-5-12(6-8-23)19-18(25)13-3-2-4-15-14(13)10-17(24)20-15/h2-4,9,12H,5-8,10H2,1H3,(H,19,25)(H,20,24)(H,21,22). The summed E-state index contributed by atoms with van der Waals surface area (Å²) in [4.78, 5) is 26.5. The van der Waals surface area contributed by atoms with Gasteiger partial charge in [0.15, 0.2) is 5.82 Å². The predicted octanol–water partition coefficient (Wildman–Crippen LogP) is 1.61. The third-order valence-electron chi connectivity index (χ3n) is 4.88. The van der Waals surface area contributed by atoms with Gasteiger partial charge in [-0.2, -0.15) is 5.10 Å². The van der Waals surface area contributed by atoms with Gasteiger partial charge in [-0.25, -0.2) is 0 Å². The number of nitrogens with one attached hydrogen (secondary N) is 3. The van der Waals surface area contributed by atoms with E-state index in [9.17, 15) is 9.59 Å². The molecular formula is C18H21N5O2. The molecule has 2 aliphatic heterocycles. The molecule has 0 unspecified atom stereocenters. The molecule has 3 N–H and O–H groups in total. The van der Waals surface area contributed by atoms with E-state index in [4.69, 9.17) is 0 Å². The Morgan fingerprint density at radius 2 is 2.12 bits per heavy atom. The smallest absolute Gasteiger partial charge is 0.251 e. The largest absolute Gasteiger partial charge is 0.355 e. The summed E-state index contributed by atoms with van der Waals surface area (Å²) in [5, 5.41) is 13.2. The van der Waals surface area contributed by atoms with Crippen LogP contribution in [-0.4, -0.2) is 41.1 Å². The fraction of sp³-hybridized carbons (Fsp3) is 0.389. The van der Waals surface area contributed by atoms with Crippen molar-refractivity contribution in [1.29, 1.82) is 0 Å². The summed E-state index contributed by atoms with van der Waals surface area (Å²) in [5.74, 6) is 0.813. The van der Waals surface area contributed by atoms with Crippen molar-refractivity contribution in [2.24, 2.45) is 0 Å². The summed E-state index contributed by atoms with van der Waals surface area (Å²) in [6.07, 6.45) is 2.03. The molecule has 3 heterocycles. The summed E-state index contributed by atoms with van der Waals surface area (Å²) < 4.78 is 0. The monoisotopic (exact) mass is 339 g/mol. The number of amides is 2. The number of hydrogen-bond donors (Lipinski definition) is 3. The van der Waals surface area contributed by atoms with Crippen LogP contribution in [0.3, 0.4) is 0 Å². The minimum atomic E-state index is -0.0950. The van der Waals surface area contributed by atoms with Crippen LogP contribution in [0.5, 0.6) is 0 Å². The second kappa shape index (κ2) is 6.23. The van der Waals surface area contributed by atoms with Gasteiger partial charge in [-0.15, -0.1) is 0 Å². The van der Waals surface area contributed by atoms with Gasteiger partial charge in [0.2, 0.25) is 5.91 Å². The summed E-state index contributed by atoms with van der Waals surface area (Å²) in [6, 6.07) is 7.61. The molecule has 0 spiro atoms. The molecule has 1 aromatic carbocycles. The number of aryl methyl sites for hydroxylation is 1. The van der Waals surface area contributed by atoms with E-state index in [2.05, 4.69) is 25.7 Å². The highest BCUT2D eigenvalue weighted by Gasteiger charge is 2.26. The van der Waals surface area contributed by atoms with Gasteiger partial charge in [-0.1, -0.05) is 6.07 Å². The summed E-state index contributed by atoms with van der Waals surface area (Å²) in [6.45, 7) is 3.71. The van der Waals surface area contributed by atoms with Crippen molar-refractivity contribution in [2.75, 3.05) is 23.3 Å². The van der Waals surface area contributed by atoms with Gasteiger partial charge in [0.05, 0.1) is 6.42 Å². The lowest BCUT2D eigenvalue weighted by atomic mass is 10.0. The van der Waals surface area contributed by atoms with Gasteiger partial charge >= 0.3 is 0 Å². The first-order valence-corrected chi connectivity index (χ1v) is 8.60. The number of carbonyl (C=O) groups is 2. The highest BCUT2D eigenvalue weighted by molar-refractivity contribution is 6.05. The van der Waals surface area contributed by atoms with Crippen LogP contribution in [0, 0.1) is 6.92 Å². The molecule has 0 radical (unpaired) electrons. The first kappa shape index (κ1) is 15.7. The fourth-order valence-corrected chi connectivity index (χ4v) is 3.54. The van der Waals surface area contributed by atoms with Crippen LogP contribution in [0.1, 0.15) is 34.5 Å². The lowest BCUT2D eigenvalue weighted by Gasteiger charge is -2.32. The molecule has 2 aromatic rings. The van der Waals surface area contributed by atoms with E-state index in [0.717, 1.165) is 48.7 Å². The number of aromatic nitrogens is 2. The highest BCUT2D eigenvalue weighted by Crippen LogP contribution is 2.26. The van der Waals surface area contributed by atoms with Gasteiger partial charge in [0.1, 0.15) is 0 Å². The Labute approximate surface area is 145 Å². The second-order valence-electron chi connectivity index (χ2n) is 6.70. The third-order valence-corrected chi connectivity index (χ3v) is 4.88. The molecule has 0 saturated carbocycles. The van der Waals surface area contributed by atoms with E-state index in [-0.39, 0.29) is 24.3 Å². The topological polar surface area (TPSA) is 90.1 Å². The lowest BCUT2D eigenvalue weighted by Crippen LogP contribution is -2.45. The van der Waals surface area contributed by atoms with Crippen molar-refractivity contribution in [1.82, 2.24) is 15.5 Å². The second-order valence-corrected chi connectivity index (χ2v) is 6.70. The van der Waals surface area contributed by atoms with E-state index in [1.807, 2.05) is 25.1 Å². The minimum absolute atomic E-state index is 0.0575. The van der Waals surface area contributed by atoms with Gasteiger partial charge in [0.25, 0.3) is 5.91 Å². The molecular weight excluding hydrogens is 318 g/mol. The molecule has 1 aromatic heterocycles. The van der Waals surface area contributed by atoms with E-state index >= 15 is 0 Å². The quantitative estimate of drug-likeness (QED) is 0.792. The molecule has 25 heavy (non-hydrogen) atoms. The summed E-state index contributed by atoms with van der Waals surface area (Å²) in [7, 11) is 0. The van der Waals surface area contributed by atoms with Crippen molar-refractivity contribution in [2.45, 2.75) is 32.2 Å². The normalized spacial score (nSPS) is 17.3. The van der Waals surface area contributed by atoms with E-state index in [1.165, 1.54) is 0 Å². The number of piperidine rings is 1. The number of fused-ring (bicyclic) bond motifs is 1. The molecule has 7 nitrogen and oxygen atoms in total. The number of anilines is 2. The maximum absolute atomic E-state index is 12.7. The van der Waals surface area contributed by atoms with Gasteiger partial charge in [-0.3, -0.25) is 14.7 Å². The van der Waals surface area contributed by atoms with Crippen molar-refractivity contribution in [3.05, 3.63) is 41.1 Å². The molecule has 2 amide bonds. The Morgan fingerprint density at radius 1 is 1.32 bits per heavy atom. The van der Waals surface area contributed by atoms with Crippen molar-refractivity contribution < 1.29 is 9.59 Å². The number of rotatable bonds is 3. The van der Waals surface area contributed by atoms with Gasteiger partial charge in [-0.05, 0) is 37.5 Å². The zero-order chi connectivity index (χ0) is 17.4. The van der Waals surface area contributed by atoms with E-state index < -0.39 is 0 Å². The zero-order valence-corrected chi connectivity index (χ0v) is 14.1. The molecule has 0 bridgehead atoms. The highest BCUT2D eigenvalue weighted by atomic mass is 16.2. The Balaban J connectivity index is 1.39. The van der Waals surface area contributed by atoms with Gasteiger partial charge in [0, 0.05) is 42.1 Å². The average Bonchev–Trinajstić information content (AvgIpc) is 3.19. The number of benzene rings is 1. The maximum Gasteiger partial charge on any atom is 0.251 e. The predicted molar refractivity (Wildman–Crippen MR) is 94.8 cm³/mol. The summed E-state index contributed by atoms with van der Waals surface area (Å²) in [5.41, 5.74) is 3.20. The van der Waals surface area contributed by atoms with E-state index in [1.54, 1.807) is 6.07 Å². The van der Waals surface area contributed by atoms with Crippen LogP contribution < -0.4 is 15.5 Å². The lowest BCUT2D eigenvalue weighted by molar-refractivity contribution is -0.115. The first-order valence-electron chi connectivity index (χ1n) is 8.60. The number of carbonyl (C=O) groups excluding carboxylic acids is 2. The van der Waals surface area contributed by atoms with E-state index in [0.29, 0.717) is 5.56 Å². The molecule has 7 heteroatoms. The number of nitrogens with zero attached hydrogens (tertiary/aromatic N) is 2. The Morgan fingerprint density at radius 3 is 2.84 bits per heavy atom. The molecule has 1 saturated heterocycles. The summed E-state index contributed by atoms with van der Waals surface area (Å²) >= 11 is 0. The minimum Gasteiger partial charge on any atom is -0.355 e. The zero-order valence-electron chi connectivity index (χ0n) is 14.1. The molecule has 0 aliphatic carbocycles. The third kappa shape index (κ3) is 3.09. The van der Waals surface area contributed by atoms with Crippen LogP contribution >= 0.6 is 0 Å². The first-order chi connectivity index (χ1) is 12.1. The fourth-order valence-electron chi connectivity index (χ4n) is 3.54. The van der Waals surface area contributed by atoms with Crippen LogP contribution in [0.25, 0.3) is 0 Å².